The molecule has 3 N–H and O–H groups in total. The van der Waals surface area contributed by atoms with Gasteiger partial charge in [0.25, 0.3) is 0 Å². The number of carbonyl (C=O) groups is 1. The second kappa shape index (κ2) is 8.23. The smallest absolute Gasteiger partial charge is 0.223 e. The van der Waals surface area contributed by atoms with Crippen molar-refractivity contribution in [3.05, 3.63) is 0 Å². The molecule has 0 aromatic carbocycles. The monoisotopic (exact) mass is 414 g/mol. The third kappa shape index (κ3) is 4.57. The van der Waals surface area contributed by atoms with Crippen LogP contribution in [0.3, 0.4) is 0 Å². The lowest BCUT2D eigenvalue weighted by Crippen LogP contribution is -2.58. The summed E-state index contributed by atoms with van der Waals surface area (Å²) in [6.07, 6.45) is 8.63. The number of nitrogens with one attached hydrogen (secondary N) is 2. The fourth-order valence-electron chi connectivity index (χ4n) is 6.33. The van der Waals surface area contributed by atoms with Crippen LogP contribution in [-0.2, 0) is 14.8 Å². The summed E-state index contributed by atoms with van der Waals surface area (Å²) in [6, 6.07) is 0.141. The molecule has 1 unspecified atom stereocenters. The minimum atomic E-state index is -3.28. The zero-order valence-corrected chi connectivity index (χ0v) is 18.6. The molecule has 0 aliphatic heterocycles. The molecule has 3 aliphatic rings. The topological polar surface area (TPSA) is 95.5 Å². The molecule has 0 spiro atoms. The number of hydrogen-bond acceptors (Lipinski definition) is 4. The van der Waals surface area contributed by atoms with Crippen LogP contribution >= 0.6 is 0 Å². The van der Waals surface area contributed by atoms with Gasteiger partial charge in [0.2, 0.25) is 15.9 Å². The van der Waals surface area contributed by atoms with Crippen LogP contribution in [0.4, 0.5) is 0 Å². The van der Waals surface area contributed by atoms with Gasteiger partial charge in [-0.1, -0.05) is 33.6 Å². The second-order valence-electron chi connectivity index (χ2n) is 10.0. The molecular weight excluding hydrogens is 376 g/mol. The van der Waals surface area contributed by atoms with E-state index in [1.807, 2.05) is 6.92 Å². The average molecular weight is 415 g/mol. The van der Waals surface area contributed by atoms with E-state index < -0.39 is 16.1 Å². The van der Waals surface area contributed by atoms with Crippen molar-refractivity contribution in [2.75, 3.05) is 6.26 Å². The number of hydrogen-bond donors (Lipinski definition) is 3. The molecular formula is C21H38N2O4S. The van der Waals surface area contributed by atoms with Crippen molar-refractivity contribution in [1.29, 1.82) is 0 Å². The van der Waals surface area contributed by atoms with Gasteiger partial charge in [0.05, 0.1) is 12.4 Å². The molecule has 1 amide bonds. The SMILES string of the molecule is C[C@H]1[C@@H]2[C@@H](O)C([C@H](C)C(=O)NC3CCCC3)CC[C@@]2(C)CC[C@@H]1NS(C)(=O)=O. The summed E-state index contributed by atoms with van der Waals surface area (Å²) < 4.78 is 26.3. The molecule has 0 radical (unpaired) electrons. The van der Waals surface area contributed by atoms with Gasteiger partial charge in [-0.15, -0.1) is 0 Å². The number of aliphatic hydroxyl groups is 1. The van der Waals surface area contributed by atoms with Crippen LogP contribution in [0.1, 0.15) is 72.1 Å². The van der Waals surface area contributed by atoms with E-state index in [0.29, 0.717) is 0 Å². The quantitative estimate of drug-likeness (QED) is 0.644. The van der Waals surface area contributed by atoms with Crippen molar-refractivity contribution in [3.63, 3.8) is 0 Å². The Kier molecular flexibility index (Phi) is 6.47. The Morgan fingerprint density at radius 1 is 1.14 bits per heavy atom. The third-order valence-electron chi connectivity index (χ3n) is 8.01. The first-order chi connectivity index (χ1) is 13.0. The predicted molar refractivity (Wildman–Crippen MR) is 110 cm³/mol. The first-order valence-corrected chi connectivity index (χ1v) is 12.9. The van der Waals surface area contributed by atoms with Crippen LogP contribution in [0.15, 0.2) is 0 Å². The molecule has 3 fully saturated rings. The van der Waals surface area contributed by atoms with Crippen molar-refractivity contribution in [2.24, 2.45) is 29.1 Å². The number of carbonyl (C=O) groups excluding carboxylic acids is 1. The van der Waals surface area contributed by atoms with Gasteiger partial charge in [-0.05, 0) is 61.7 Å². The Bertz CT molecular complexity index is 676. The maximum absolute atomic E-state index is 12.8. The third-order valence-corrected chi connectivity index (χ3v) is 8.74. The van der Waals surface area contributed by atoms with E-state index in [1.54, 1.807) is 0 Å². The number of sulfonamides is 1. The number of amides is 1. The molecule has 0 aromatic rings. The minimum absolute atomic E-state index is 0.000908. The summed E-state index contributed by atoms with van der Waals surface area (Å²) in [5, 5.41) is 14.5. The molecule has 28 heavy (non-hydrogen) atoms. The van der Waals surface area contributed by atoms with Crippen LogP contribution in [-0.4, -0.2) is 43.9 Å². The van der Waals surface area contributed by atoms with Gasteiger partial charge in [-0.25, -0.2) is 13.1 Å². The van der Waals surface area contributed by atoms with Gasteiger partial charge in [-0.2, -0.15) is 0 Å². The fraction of sp³-hybridized carbons (Fsp3) is 0.952. The molecule has 3 aliphatic carbocycles. The molecule has 3 rings (SSSR count). The Hall–Kier alpha value is -0.660. The summed E-state index contributed by atoms with van der Waals surface area (Å²) in [5.74, 6) is -0.194. The highest BCUT2D eigenvalue weighted by molar-refractivity contribution is 7.88. The van der Waals surface area contributed by atoms with Crippen LogP contribution in [0.5, 0.6) is 0 Å². The lowest BCUT2D eigenvalue weighted by molar-refractivity contribution is -0.142. The molecule has 3 saturated carbocycles. The van der Waals surface area contributed by atoms with E-state index in [0.717, 1.165) is 38.5 Å². The first kappa shape index (κ1) is 22.0. The van der Waals surface area contributed by atoms with Crippen LogP contribution in [0, 0.1) is 29.1 Å². The predicted octanol–water partition coefficient (Wildman–Crippen LogP) is 2.42. The standard InChI is InChI=1S/C21H38N2O4S/c1-13(20(25)22-15-7-5-6-8-15)16-9-11-21(3)12-10-17(23-28(4,26)27)14(2)18(21)19(16)24/h13-19,23-24H,5-12H2,1-4H3,(H,22,25)/t13-,14+,16?,17-,18+,19-,21-/m0/s1. The minimum Gasteiger partial charge on any atom is -0.392 e. The van der Waals surface area contributed by atoms with Crippen LogP contribution < -0.4 is 10.0 Å². The number of rotatable bonds is 5. The number of fused-ring (bicyclic) bond motifs is 1. The molecule has 7 atom stereocenters. The summed E-state index contributed by atoms with van der Waals surface area (Å²) >= 11 is 0. The van der Waals surface area contributed by atoms with Gasteiger partial charge < -0.3 is 10.4 Å². The first-order valence-electron chi connectivity index (χ1n) is 11.0. The van der Waals surface area contributed by atoms with Crippen LogP contribution in [0.2, 0.25) is 0 Å². The summed E-state index contributed by atoms with van der Waals surface area (Å²) in [4.78, 5) is 12.8. The normalized spacial score (nSPS) is 40.7. The molecule has 0 saturated heterocycles. The van der Waals surface area contributed by atoms with Gasteiger partial charge in [0, 0.05) is 18.0 Å². The number of aliphatic hydroxyl groups excluding tert-OH is 1. The van der Waals surface area contributed by atoms with E-state index in [4.69, 9.17) is 0 Å². The van der Waals surface area contributed by atoms with E-state index in [9.17, 15) is 18.3 Å². The Labute approximate surface area is 170 Å². The van der Waals surface area contributed by atoms with E-state index >= 15 is 0 Å². The fourth-order valence-corrected chi connectivity index (χ4v) is 7.21. The van der Waals surface area contributed by atoms with Crippen LogP contribution in [0.25, 0.3) is 0 Å². The Balaban J connectivity index is 1.72. The van der Waals surface area contributed by atoms with Crippen molar-refractivity contribution in [2.45, 2.75) is 90.3 Å². The lowest BCUT2D eigenvalue weighted by atomic mass is 9.52. The Morgan fingerprint density at radius 2 is 1.75 bits per heavy atom. The molecule has 0 heterocycles. The van der Waals surface area contributed by atoms with Crippen molar-refractivity contribution < 1.29 is 18.3 Å². The second-order valence-corrected chi connectivity index (χ2v) is 11.8. The highest BCUT2D eigenvalue weighted by Gasteiger charge is 2.54. The summed E-state index contributed by atoms with van der Waals surface area (Å²) in [7, 11) is -3.28. The van der Waals surface area contributed by atoms with E-state index in [2.05, 4.69) is 23.9 Å². The lowest BCUT2D eigenvalue weighted by Gasteiger charge is -2.56. The van der Waals surface area contributed by atoms with Crippen molar-refractivity contribution >= 4 is 15.9 Å². The van der Waals surface area contributed by atoms with Crippen molar-refractivity contribution in [3.8, 4) is 0 Å². The highest BCUT2D eigenvalue weighted by atomic mass is 32.2. The average Bonchev–Trinajstić information content (AvgIpc) is 3.09. The Morgan fingerprint density at radius 3 is 2.36 bits per heavy atom. The van der Waals surface area contributed by atoms with Crippen molar-refractivity contribution in [1.82, 2.24) is 10.0 Å². The molecule has 0 bridgehead atoms. The van der Waals surface area contributed by atoms with E-state index in [1.165, 1.54) is 19.1 Å². The van der Waals surface area contributed by atoms with Gasteiger partial charge in [-0.3, -0.25) is 4.79 Å². The summed E-state index contributed by atoms with van der Waals surface area (Å²) in [5.41, 5.74) is 0.00661. The maximum atomic E-state index is 12.8. The zero-order valence-electron chi connectivity index (χ0n) is 17.8. The molecule has 7 heteroatoms. The van der Waals surface area contributed by atoms with Gasteiger partial charge in [0.1, 0.15) is 0 Å². The highest BCUT2D eigenvalue weighted by Crippen LogP contribution is 2.55. The largest absolute Gasteiger partial charge is 0.392 e. The van der Waals surface area contributed by atoms with E-state index in [-0.39, 0.29) is 47.1 Å². The molecule has 0 aromatic heterocycles. The molecule has 162 valence electrons. The molecule has 6 nitrogen and oxygen atoms in total. The zero-order chi connectivity index (χ0) is 20.7. The maximum Gasteiger partial charge on any atom is 0.223 e. The van der Waals surface area contributed by atoms with Gasteiger partial charge in [0.15, 0.2) is 0 Å². The summed E-state index contributed by atoms with van der Waals surface area (Å²) in [6.45, 7) is 6.23. The van der Waals surface area contributed by atoms with Gasteiger partial charge >= 0.3 is 0 Å².